The second kappa shape index (κ2) is 7.52. The van der Waals surface area contributed by atoms with E-state index >= 15 is 0 Å². The minimum atomic E-state index is -0.148. The predicted molar refractivity (Wildman–Crippen MR) is 104 cm³/mol. The van der Waals surface area contributed by atoms with Gasteiger partial charge in [0.05, 0.1) is 5.56 Å². The first-order valence-electron chi connectivity index (χ1n) is 8.86. The molecule has 2 aromatic heterocycles. The number of amides is 1. The highest BCUT2D eigenvalue weighted by molar-refractivity contribution is 6.05. The van der Waals surface area contributed by atoms with Crippen LogP contribution in [-0.2, 0) is 0 Å². The monoisotopic (exact) mass is 348 g/mol. The van der Waals surface area contributed by atoms with Crippen LogP contribution in [0.2, 0.25) is 0 Å². The fourth-order valence-electron chi connectivity index (χ4n) is 2.95. The van der Waals surface area contributed by atoms with Gasteiger partial charge in [0.15, 0.2) is 0 Å². The van der Waals surface area contributed by atoms with E-state index < -0.39 is 0 Å². The van der Waals surface area contributed by atoms with Gasteiger partial charge in [0.25, 0.3) is 5.91 Å². The molecule has 0 saturated heterocycles. The van der Waals surface area contributed by atoms with E-state index in [2.05, 4.69) is 61.2 Å². The van der Waals surface area contributed by atoms with Gasteiger partial charge in [-0.1, -0.05) is 45.9 Å². The molecule has 26 heavy (non-hydrogen) atoms. The van der Waals surface area contributed by atoms with Crippen LogP contribution in [0.5, 0.6) is 0 Å². The summed E-state index contributed by atoms with van der Waals surface area (Å²) in [5.41, 5.74) is 3.74. The number of carbonyl (C=O) groups excluding carboxylic acids is 1. The highest BCUT2D eigenvalue weighted by Gasteiger charge is 2.17. The van der Waals surface area contributed by atoms with Crippen molar-refractivity contribution in [2.75, 3.05) is 5.32 Å². The Morgan fingerprint density at radius 1 is 1.04 bits per heavy atom. The molecule has 0 spiro atoms. The molecular weight excluding hydrogens is 324 g/mol. The van der Waals surface area contributed by atoms with Gasteiger partial charge < -0.3 is 5.32 Å². The first-order chi connectivity index (χ1) is 12.5. The van der Waals surface area contributed by atoms with Crippen LogP contribution < -0.4 is 5.32 Å². The van der Waals surface area contributed by atoms with Crippen molar-refractivity contribution in [3.8, 4) is 5.82 Å². The van der Waals surface area contributed by atoms with E-state index in [1.54, 1.807) is 29.4 Å². The maximum Gasteiger partial charge on any atom is 0.257 e. The fourth-order valence-corrected chi connectivity index (χ4v) is 2.95. The number of hydrogen-bond donors (Lipinski definition) is 1. The van der Waals surface area contributed by atoms with Crippen LogP contribution in [0.15, 0.2) is 55.2 Å². The van der Waals surface area contributed by atoms with Crippen LogP contribution in [0, 0.1) is 0 Å². The topological polar surface area (TPSA) is 59.8 Å². The number of imidazole rings is 1. The predicted octanol–water partition coefficient (Wildman–Crippen LogP) is 4.77. The zero-order valence-corrected chi connectivity index (χ0v) is 15.6. The third-order valence-corrected chi connectivity index (χ3v) is 4.39. The van der Waals surface area contributed by atoms with Crippen molar-refractivity contribution in [3.63, 3.8) is 0 Å². The van der Waals surface area contributed by atoms with E-state index in [4.69, 9.17) is 0 Å². The molecule has 1 aromatic carbocycles. The molecule has 0 radical (unpaired) electrons. The first-order valence-corrected chi connectivity index (χ1v) is 8.86. The number of pyridine rings is 1. The van der Waals surface area contributed by atoms with Crippen LogP contribution in [-0.4, -0.2) is 20.4 Å². The van der Waals surface area contributed by atoms with Gasteiger partial charge in [-0.2, -0.15) is 0 Å². The summed E-state index contributed by atoms with van der Waals surface area (Å²) in [6, 6.07) is 9.81. The summed E-state index contributed by atoms with van der Waals surface area (Å²) in [5, 5.41) is 3.11. The van der Waals surface area contributed by atoms with Gasteiger partial charge in [0, 0.05) is 24.3 Å². The normalized spacial score (nSPS) is 11.2. The lowest BCUT2D eigenvalue weighted by Crippen LogP contribution is -2.16. The maximum atomic E-state index is 12.8. The smallest absolute Gasteiger partial charge is 0.257 e. The zero-order chi connectivity index (χ0) is 18.7. The number of carbonyl (C=O) groups is 1. The number of para-hydroxylation sites is 1. The molecule has 3 aromatic rings. The van der Waals surface area contributed by atoms with Crippen molar-refractivity contribution in [2.24, 2.45) is 0 Å². The molecule has 5 heteroatoms. The number of nitrogens with one attached hydrogen (secondary N) is 1. The van der Waals surface area contributed by atoms with E-state index in [-0.39, 0.29) is 5.91 Å². The summed E-state index contributed by atoms with van der Waals surface area (Å²) < 4.78 is 1.80. The molecule has 3 rings (SSSR count). The SMILES string of the molecule is CC(C)c1cccc(C(C)C)c1NC(=O)c1ccc(-n2ccnc2)nc1. The number of rotatable bonds is 5. The molecule has 5 nitrogen and oxygen atoms in total. The molecule has 0 atom stereocenters. The lowest BCUT2D eigenvalue weighted by Gasteiger charge is -2.20. The van der Waals surface area contributed by atoms with Gasteiger partial charge in [-0.15, -0.1) is 0 Å². The first kappa shape index (κ1) is 17.9. The van der Waals surface area contributed by atoms with Crippen molar-refractivity contribution in [1.82, 2.24) is 14.5 Å². The Balaban J connectivity index is 1.88. The third-order valence-electron chi connectivity index (χ3n) is 4.39. The van der Waals surface area contributed by atoms with E-state index in [1.807, 2.05) is 12.3 Å². The molecule has 1 amide bonds. The van der Waals surface area contributed by atoms with Crippen LogP contribution in [0.4, 0.5) is 5.69 Å². The van der Waals surface area contributed by atoms with Crippen LogP contribution >= 0.6 is 0 Å². The molecule has 0 saturated carbocycles. The molecule has 0 aliphatic rings. The highest BCUT2D eigenvalue weighted by Crippen LogP contribution is 2.32. The zero-order valence-electron chi connectivity index (χ0n) is 15.6. The molecular formula is C21H24N4O. The van der Waals surface area contributed by atoms with Gasteiger partial charge in [-0.05, 0) is 35.1 Å². The Morgan fingerprint density at radius 2 is 1.73 bits per heavy atom. The Kier molecular flexibility index (Phi) is 5.16. The third kappa shape index (κ3) is 3.67. The minimum absolute atomic E-state index is 0.148. The van der Waals surface area contributed by atoms with Crippen molar-refractivity contribution in [2.45, 2.75) is 39.5 Å². The van der Waals surface area contributed by atoms with Crippen molar-refractivity contribution in [3.05, 3.63) is 71.9 Å². The molecule has 0 fully saturated rings. The van der Waals surface area contributed by atoms with E-state index in [9.17, 15) is 4.79 Å². The van der Waals surface area contributed by atoms with Crippen LogP contribution in [0.3, 0.4) is 0 Å². The fraction of sp³-hybridized carbons (Fsp3) is 0.286. The number of aromatic nitrogens is 3. The summed E-state index contributed by atoms with van der Waals surface area (Å²) in [4.78, 5) is 21.2. The van der Waals surface area contributed by atoms with Gasteiger partial charge in [-0.25, -0.2) is 9.97 Å². The maximum absolute atomic E-state index is 12.8. The summed E-state index contributed by atoms with van der Waals surface area (Å²) in [7, 11) is 0. The second-order valence-corrected chi connectivity index (χ2v) is 6.95. The average Bonchev–Trinajstić information content (AvgIpc) is 3.16. The van der Waals surface area contributed by atoms with Gasteiger partial charge in [-0.3, -0.25) is 9.36 Å². The summed E-state index contributed by atoms with van der Waals surface area (Å²) >= 11 is 0. The molecule has 0 aliphatic heterocycles. The second-order valence-electron chi connectivity index (χ2n) is 6.95. The van der Waals surface area contributed by atoms with Crippen molar-refractivity contribution < 1.29 is 4.79 Å². The summed E-state index contributed by atoms with van der Waals surface area (Å²) in [5.74, 6) is 1.23. The average molecular weight is 348 g/mol. The van der Waals surface area contributed by atoms with E-state index in [1.165, 1.54) is 0 Å². The Bertz CT molecular complexity index is 855. The number of benzene rings is 1. The van der Waals surface area contributed by atoms with Gasteiger partial charge >= 0.3 is 0 Å². The summed E-state index contributed by atoms with van der Waals surface area (Å²) in [6.07, 6.45) is 6.78. The highest BCUT2D eigenvalue weighted by atomic mass is 16.1. The van der Waals surface area contributed by atoms with E-state index in [0.29, 0.717) is 17.4 Å². The molecule has 0 aliphatic carbocycles. The van der Waals surface area contributed by atoms with E-state index in [0.717, 1.165) is 22.6 Å². The van der Waals surface area contributed by atoms with Crippen LogP contribution in [0.25, 0.3) is 5.82 Å². The lowest BCUT2D eigenvalue weighted by molar-refractivity contribution is 0.102. The van der Waals surface area contributed by atoms with Gasteiger partial charge in [0.1, 0.15) is 12.1 Å². The lowest BCUT2D eigenvalue weighted by atomic mass is 9.92. The standard InChI is InChI=1S/C21H24N4O/c1-14(2)17-6-5-7-18(15(3)4)20(17)24-21(26)16-8-9-19(23-12-16)25-11-10-22-13-25/h5-15H,1-4H3,(H,24,26). The van der Waals surface area contributed by atoms with Crippen molar-refractivity contribution in [1.29, 1.82) is 0 Å². The number of hydrogen-bond acceptors (Lipinski definition) is 3. The Morgan fingerprint density at radius 3 is 2.23 bits per heavy atom. The van der Waals surface area contributed by atoms with Crippen LogP contribution in [0.1, 0.15) is 61.0 Å². The Labute approximate surface area is 154 Å². The Hall–Kier alpha value is -2.95. The summed E-state index contributed by atoms with van der Waals surface area (Å²) in [6.45, 7) is 8.54. The molecule has 0 bridgehead atoms. The molecule has 0 unspecified atom stereocenters. The largest absolute Gasteiger partial charge is 0.321 e. The minimum Gasteiger partial charge on any atom is -0.321 e. The quantitative estimate of drug-likeness (QED) is 0.723. The molecule has 134 valence electrons. The number of anilines is 1. The number of nitrogens with zero attached hydrogens (tertiary/aromatic N) is 3. The van der Waals surface area contributed by atoms with Gasteiger partial charge in [0.2, 0.25) is 0 Å². The molecule has 2 heterocycles. The van der Waals surface area contributed by atoms with Crippen molar-refractivity contribution >= 4 is 11.6 Å². The molecule has 1 N–H and O–H groups in total.